The molecule has 35 valence electrons. The third-order valence-corrected chi connectivity index (χ3v) is 0.408. The van der Waals surface area contributed by atoms with Crippen LogP contribution in [0.25, 0.3) is 0 Å². The molecule has 6 heavy (non-hydrogen) atoms. The van der Waals surface area contributed by atoms with Crippen molar-refractivity contribution in [1.82, 2.24) is 0 Å². The van der Waals surface area contributed by atoms with E-state index in [4.69, 9.17) is 5.11 Å². The normalized spacial score (nSPS) is 15.8. The lowest BCUT2D eigenvalue weighted by molar-refractivity contribution is 0.237. The van der Waals surface area contributed by atoms with Gasteiger partial charge in [0.2, 0.25) is 0 Å². The molecule has 0 aliphatic rings. The average molecular weight is 85.1 g/mol. The summed E-state index contributed by atoms with van der Waals surface area (Å²) in [5.41, 5.74) is 0. The number of hydrogen-bond donors (Lipinski definition) is 1. The topological polar surface area (TPSA) is 20.2 Å². The number of aliphatic hydroxyl groups is 1. The van der Waals surface area contributed by atoms with Crippen molar-refractivity contribution in [3.63, 3.8) is 0 Å². The Kier molecular flexibility index (Phi) is 2.77. The lowest BCUT2D eigenvalue weighted by Gasteiger charge is -1.85. The Morgan fingerprint density at radius 3 is 2.33 bits per heavy atom. The van der Waals surface area contributed by atoms with Gasteiger partial charge in [-0.15, -0.1) is 0 Å². The van der Waals surface area contributed by atoms with Gasteiger partial charge in [-0.1, -0.05) is 6.08 Å². The zero-order valence-electron chi connectivity index (χ0n) is 4.10. The van der Waals surface area contributed by atoms with Crippen molar-refractivity contribution in [2.45, 2.75) is 20.0 Å². The van der Waals surface area contributed by atoms with Crippen molar-refractivity contribution in [3.05, 3.63) is 12.2 Å². The molecular formula is C5H9O. The lowest BCUT2D eigenvalue weighted by Crippen LogP contribution is -1.91. The summed E-state index contributed by atoms with van der Waals surface area (Å²) in [5.74, 6) is 0. The molecule has 0 spiro atoms. The van der Waals surface area contributed by atoms with E-state index in [1.165, 1.54) is 0 Å². The minimum Gasteiger partial charge on any atom is -0.389 e. The van der Waals surface area contributed by atoms with E-state index in [0.29, 0.717) is 0 Å². The van der Waals surface area contributed by atoms with Gasteiger partial charge in [0.05, 0.1) is 6.10 Å². The molecule has 0 saturated carbocycles. The van der Waals surface area contributed by atoms with Gasteiger partial charge in [-0.3, -0.25) is 0 Å². The van der Waals surface area contributed by atoms with Gasteiger partial charge in [-0.05, 0) is 19.9 Å². The van der Waals surface area contributed by atoms with Crippen LogP contribution in [-0.4, -0.2) is 11.2 Å². The molecule has 0 aliphatic heterocycles. The van der Waals surface area contributed by atoms with Gasteiger partial charge in [0, 0.05) is 0 Å². The van der Waals surface area contributed by atoms with Gasteiger partial charge in [0.25, 0.3) is 0 Å². The lowest BCUT2D eigenvalue weighted by atomic mass is 10.4. The molecule has 1 atom stereocenters. The SMILES string of the molecule is CC=[C][C@@H](C)O. The number of hydrogen-bond acceptors (Lipinski definition) is 1. The summed E-state index contributed by atoms with van der Waals surface area (Å²) in [6.45, 7) is 3.49. The van der Waals surface area contributed by atoms with E-state index in [9.17, 15) is 0 Å². The molecule has 0 rings (SSSR count). The third-order valence-electron chi connectivity index (χ3n) is 0.408. The largest absolute Gasteiger partial charge is 0.389 e. The van der Waals surface area contributed by atoms with E-state index in [2.05, 4.69) is 6.08 Å². The standard InChI is InChI=1S/C5H9O/c1-3-4-5(2)6/h3,5-6H,1-2H3/t5-/m1/s1. The van der Waals surface area contributed by atoms with Gasteiger partial charge in [0.1, 0.15) is 0 Å². The highest BCUT2D eigenvalue weighted by atomic mass is 16.3. The fourth-order valence-corrected chi connectivity index (χ4v) is 0.241. The Balaban J connectivity index is 3.03. The Bertz CT molecular complexity index is 45.9. The van der Waals surface area contributed by atoms with Crippen LogP contribution < -0.4 is 0 Å². The van der Waals surface area contributed by atoms with Crippen molar-refractivity contribution in [2.75, 3.05) is 0 Å². The predicted octanol–water partition coefficient (Wildman–Crippen LogP) is 0.746. The molecule has 0 unspecified atom stereocenters. The number of aliphatic hydroxyl groups excluding tert-OH is 1. The second kappa shape index (κ2) is 2.91. The highest BCUT2D eigenvalue weighted by Gasteiger charge is 1.79. The van der Waals surface area contributed by atoms with E-state index in [1.54, 1.807) is 13.0 Å². The monoisotopic (exact) mass is 85.1 g/mol. The zero-order chi connectivity index (χ0) is 4.99. The molecule has 0 heterocycles. The molecule has 1 N–H and O–H groups in total. The molecule has 0 aromatic heterocycles. The molecule has 0 aromatic rings. The van der Waals surface area contributed by atoms with Crippen LogP contribution in [0.2, 0.25) is 0 Å². The third kappa shape index (κ3) is 3.70. The van der Waals surface area contributed by atoms with Gasteiger partial charge in [0.15, 0.2) is 0 Å². The Hall–Kier alpha value is -0.300. The highest BCUT2D eigenvalue weighted by Crippen LogP contribution is 1.76. The van der Waals surface area contributed by atoms with Gasteiger partial charge < -0.3 is 5.11 Å². The van der Waals surface area contributed by atoms with Crippen LogP contribution in [0.4, 0.5) is 0 Å². The maximum Gasteiger partial charge on any atom is 0.0762 e. The molecule has 0 aromatic carbocycles. The summed E-state index contributed by atoms with van der Waals surface area (Å²) in [6, 6.07) is 0. The van der Waals surface area contributed by atoms with E-state index in [-0.39, 0.29) is 0 Å². The molecule has 1 radical (unpaired) electrons. The number of rotatable bonds is 1. The van der Waals surface area contributed by atoms with E-state index >= 15 is 0 Å². The minimum absolute atomic E-state index is 0.407. The molecule has 0 aliphatic carbocycles. The van der Waals surface area contributed by atoms with Crippen molar-refractivity contribution >= 4 is 0 Å². The van der Waals surface area contributed by atoms with E-state index < -0.39 is 6.10 Å². The van der Waals surface area contributed by atoms with Crippen LogP contribution in [0.1, 0.15) is 13.8 Å². The quantitative estimate of drug-likeness (QED) is 0.498. The van der Waals surface area contributed by atoms with Crippen LogP contribution in [0.5, 0.6) is 0 Å². The zero-order valence-corrected chi connectivity index (χ0v) is 4.10. The highest BCUT2D eigenvalue weighted by molar-refractivity contribution is 4.71. The first-order valence-electron chi connectivity index (χ1n) is 1.99. The van der Waals surface area contributed by atoms with Crippen LogP contribution in [-0.2, 0) is 0 Å². The average Bonchev–Trinajstić information content (AvgIpc) is 1.35. The molecule has 0 fully saturated rings. The number of allylic oxidation sites excluding steroid dienone is 1. The Morgan fingerprint density at radius 1 is 1.83 bits per heavy atom. The second-order valence-corrected chi connectivity index (χ2v) is 1.13. The fourth-order valence-electron chi connectivity index (χ4n) is 0.241. The van der Waals surface area contributed by atoms with Crippen molar-refractivity contribution in [2.24, 2.45) is 0 Å². The summed E-state index contributed by atoms with van der Waals surface area (Å²) in [7, 11) is 0. The van der Waals surface area contributed by atoms with E-state index in [1.807, 2.05) is 6.92 Å². The molecule has 0 bridgehead atoms. The van der Waals surface area contributed by atoms with Gasteiger partial charge >= 0.3 is 0 Å². The first-order valence-corrected chi connectivity index (χ1v) is 1.99. The first kappa shape index (κ1) is 5.70. The van der Waals surface area contributed by atoms with Crippen LogP contribution in [0.15, 0.2) is 6.08 Å². The van der Waals surface area contributed by atoms with E-state index in [0.717, 1.165) is 0 Å². The van der Waals surface area contributed by atoms with Crippen LogP contribution >= 0.6 is 0 Å². The van der Waals surface area contributed by atoms with Crippen LogP contribution in [0.3, 0.4) is 0 Å². The van der Waals surface area contributed by atoms with Gasteiger partial charge in [-0.2, -0.15) is 0 Å². The predicted molar refractivity (Wildman–Crippen MR) is 25.2 cm³/mol. The molecule has 1 nitrogen and oxygen atoms in total. The smallest absolute Gasteiger partial charge is 0.0762 e. The van der Waals surface area contributed by atoms with Crippen molar-refractivity contribution in [3.8, 4) is 0 Å². The second-order valence-electron chi connectivity index (χ2n) is 1.13. The Morgan fingerprint density at radius 2 is 2.33 bits per heavy atom. The Labute approximate surface area is 38.3 Å². The summed E-state index contributed by atoms with van der Waals surface area (Å²) >= 11 is 0. The summed E-state index contributed by atoms with van der Waals surface area (Å²) in [6.07, 6.45) is 3.93. The molecule has 1 heteroatoms. The summed E-state index contributed by atoms with van der Waals surface area (Å²) < 4.78 is 0. The summed E-state index contributed by atoms with van der Waals surface area (Å²) in [4.78, 5) is 0. The van der Waals surface area contributed by atoms with Crippen LogP contribution in [0, 0.1) is 6.08 Å². The van der Waals surface area contributed by atoms with Gasteiger partial charge in [-0.25, -0.2) is 0 Å². The molecule has 0 amide bonds. The molecular weight excluding hydrogens is 76.1 g/mol. The van der Waals surface area contributed by atoms with Crippen molar-refractivity contribution < 1.29 is 5.11 Å². The van der Waals surface area contributed by atoms with Crippen molar-refractivity contribution in [1.29, 1.82) is 0 Å². The first-order chi connectivity index (χ1) is 2.77. The summed E-state index contributed by atoms with van der Waals surface area (Å²) in [5, 5.41) is 8.41. The fraction of sp³-hybridized carbons (Fsp3) is 0.600. The molecule has 0 saturated heterocycles. The maximum atomic E-state index is 8.41. The maximum absolute atomic E-state index is 8.41. The minimum atomic E-state index is -0.407.